The Labute approximate surface area is 172 Å². The van der Waals surface area contributed by atoms with E-state index in [4.69, 9.17) is 5.73 Å². The van der Waals surface area contributed by atoms with E-state index in [0.717, 1.165) is 11.1 Å². The summed E-state index contributed by atoms with van der Waals surface area (Å²) in [7, 11) is -3.63. The number of rotatable bonds is 9. The fourth-order valence-electron chi connectivity index (χ4n) is 2.88. The summed E-state index contributed by atoms with van der Waals surface area (Å²) >= 11 is 0. The Morgan fingerprint density at radius 1 is 0.929 bits per heavy atom. The summed E-state index contributed by atoms with van der Waals surface area (Å²) in [5.41, 5.74) is 7.81. The molecule has 0 unspecified atom stereocenters. The molecule has 0 saturated carbocycles. The van der Waals surface area contributed by atoms with Crippen molar-refractivity contribution < 1.29 is 8.42 Å². The number of hydrogen-bond acceptors (Lipinski definition) is 4. The van der Waals surface area contributed by atoms with Crippen molar-refractivity contribution in [1.29, 1.82) is 0 Å². The minimum Gasteiger partial charge on any atom is -0.329 e. The van der Waals surface area contributed by atoms with E-state index in [1.54, 1.807) is 10.9 Å². The molecule has 0 aliphatic heterocycles. The number of benzene rings is 2. The highest BCUT2D eigenvalue weighted by atomic mass is 35.5. The van der Waals surface area contributed by atoms with E-state index in [1.807, 2.05) is 60.7 Å². The van der Waals surface area contributed by atoms with Crippen LogP contribution < -0.4 is 5.73 Å². The molecule has 150 valence electrons. The zero-order chi connectivity index (χ0) is 19.1. The van der Waals surface area contributed by atoms with Crippen molar-refractivity contribution in [3.8, 4) is 0 Å². The molecule has 0 amide bonds. The van der Waals surface area contributed by atoms with Gasteiger partial charge in [0, 0.05) is 25.8 Å². The van der Waals surface area contributed by atoms with Gasteiger partial charge < -0.3 is 5.73 Å². The molecule has 2 N–H and O–H groups in total. The van der Waals surface area contributed by atoms with Gasteiger partial charge in [0.05, 0.1) is 12.7 Å². The van der Waals surface area contributed by atoms with E-state index >= 15 is 0 Å². The fraction of sp³-hybridized carbons (Fsp3) is 0.250. The Kier molecular flexibility index (Phi) is 8.19. The van der Waals surface area contributed by atoms with Crippen LogP contribution in [0, 0.1) is 0 Å². The summed E-state index contributed by atoms with van der Waals surface area (Å²) < 4.78 is 29.1. The van der Waals surface area contributed by atoms with Gasteiger partial charge in [0.15, 0.2) is 0 Å². The quantitative estimate of drug-likeness (QED) is 0.576. The summed E-state index contributed by atoms with van der Waals surface area (Å²) in [6.07, 6.45) is 3.62. The van der Waals surface area contributed by atoms with Crippen molar-refractivity contribution in [2.75, 3.05) is 19.6 Å². The molecule has 8 heteroatoms. The van der Waals surface area contributed by atoms with Crippen molar-refractivity contribution in [3.05, 3.63) is 84.2 Å². The first kappa shape index (κ1) is 22.1. The molecule has 0 bridgehead atoms. The van der Waals surface area contributed by atoms with Crippen molar-refractivity contribution in [3.63, 3.8) is 0 Å². The van der Waals surface area contributed by atoms with Gasteiger partial charge in [0.25, 0.3) is 0 Å². The minimum absolute atomic E-state index is 0. The molecular formula is C20H25ClN4O2S. The molecule has 0 aliphatic carbocycles. The second-order valence-electron chi connectivity index (χ2n) is 6.29. The Morgan fingerprint density at radius 2 is 1.54 bits per heavy atom. The number of aromatic nitrogens is 2. The predicted molar refractivity (Wildman–Crippen MR) is 113 cm³/mol. The van der Waals surface area contributed by atoms with E-state index in [2.05, 4.69) is 5.10 Å². The number of halogens is 1. The molecule has 0 fully saturated rings. The normalized spacial score (nSPS) is 11.4. The zero-order valence-corrected chi connectivity index (χ0v) is 17.1. The zero-order valence-electron chi connectivity index (χ0n) is 15.5. The maximum Gasteiger partial charge on any atom is 0.246 e. The highest BCUT2D eigenvalue weighted by Crippen LogP contribution is 2.16. The SMILES string of the molecule is Cl.NCCN(CCc1ccccc1)S(=O)(=O)c1cnn(Cc2ccccc2)c1. The molecule has 3 aromatic rings. The largest absolute Gasteiger partial charge is 0.329 e. The van der Waals surface area contributed by atoms with Crippen LogP contribution in [-0.2, 0) is 23.0 Å². The average Bonchev–Trinajstić information content (AvgIpc) is 3.16. The van der Waals surface area contributed by atoms with Crippen LogP contribution in [0.15, 0.2) is 78.0 Å². The molecule has 3 rings (SSSR count). The van der Waals surface area contributed by atoms with Gasteiger partial charge >= 0.3 is 0 Å². The lowest BCUT2D eigenvalue weighted by molar-refractivity contribution is 0.421. The van der Waals surface area contributed by atoms with Crippen LogP contribution >= 0.6 is 12.4 Å². The van der Waals surface area contributed by atoms with Gasteiger partial charge in [-0.25, -0.2) is 8.42 Å². The van der Waals surface area contributed by atoms with Crippen LogP contribution in [0.3, 0.4) is 0 Å². The van der Waals surface area contributed by atoms with Gasteiger partial charge in [-0.3, -0.25) is 4.68 Å². The fourth-order valence-corrected chi connectivity index (χ4v) is 4.29. The summed E-state index contributed by atoms with van der Waals surface area (Å²) in [5, 5.41) is 4.22. The topological polar surface area (TPSA) is 81.2 Å². The molecule has 0 spiro atoms. The van der Waals surface area contributed by atoms with E-state index in [0.29, 0.717) is 19.5 Å². The molecule has 0 radical (unpaired) electrons. The molecule has 1 heterocycles. The van der Waals surface area contributed by atoms with Crippen molar-refractivity contribution in [2.45, 2.75) is 17.9 Å². The summed E-state index contributed by atoms with van der Waals surface area (Å²) in [5.74, 6) is 0. The maximum atomic E-state index is 13.0. The second-order valence-corrected chi connectivity index (χ2v) is 8.23. The van der Waals surface area contributed by atoms with Crippen molar-refractivity contribution in [1.82, 2.24) is 14.1 Å². The lowest BCUT2D eigenvalue weighted by Crippen LogP contribution is -2.36. The van der Waals surface area contributed by atoms with Crippen LogP contribution in [0.5, 0.6) is 0 Å². The number of sulfonamides is 1. The molecule has 0 aliphatic rings. The first-order valence-corrected chi connectivity index (χ1v) is 10.3. The Balaban J connectivity index is 0.00000280. The van der Waals surface area contributed by atoms with Gasteiger partial charge in [0.2, 0.25) is 10.0 Å². The van der Waals surface area contributed by atoms with Crippen molar-refractivity contribution >= 4 is 22.4 Å². The van der Waals surface area contributed by atoms with Crippen LogP contribution in [0.2, 0.25) is 0 Å². The molecular weight excluding hydrogens is 396 g/mol. The average molecular weight is 421 g/mol. The second kappa shape index (κ2) is 10.4. The standard InChI is InChI=1S/C20H24N4O2S.ClH/c21-12-14-24(13-11-18-7-3-1-4-8-18)27(25,26)20-15-22-23(17-20)16-19-9-5-2-6-10-19;/h1-10,15,17H,11-14,16,21H2;1H. The van der Waals surface area contributed by atoms with Crippen LogP contribution in [0.1, 0.15) is 11.1 Å². The number of nitrogens with two attached hydrogens (primary N) is 1. The van der Waals surface area contributed by atoms with Gasteiger partial charge in [-0.15, -0.1) is 12.4 Å². The first-order valence-electron chi connectivity index (χ1n) is 8.90. The molecule has 6 nitrogen and oxygen atoms in total. The van der Waals surface area contributed by atoms with Gasteiger partial charge in [-0.05, 0) is 17.5 Å². The van der Waals surface area contributed by atoms with E-state index < -0.39 is 10.0 Å². The van der Waals surface area contributed by atoms with Crippen LogP contribution in [-0.4, -0.2) is 42.1 Å². The van der Waals surface area contributed by atoms with Crippen molar-refractivity contribution in [2.24, 2.45) is 5.73 Å². The Bertz CT molecular complexity index is 947. The third kappa shape index (κ3) is 5.65. The smallest absolute Gasteiger partial charge is 0.246 e. The summed E-state index contributed by atoms with van der Waals surface area (Å²) in [6.45, 7) is 1.45. The highest BCUT2D eigenvalue weighted by Gasteiger charge is 2.25. The molecule has 2 aromatic carbocycles. The minimum atomic E-state index is -3.63. The Hall–Kier alpha value is -2.19. The highest BCUT2D eigenvalue weighted by molar-refractivity contribution is 7.89. The predicted octanol–water partition coefficient (Wildman–Crippen LogP) is 2.55. The number of nitrogens with zero attached hydrogens (tertiary/aromatic N) is 3. The van der Waals surface area contributed by atoms with E-state index in [-0.39, 0.29) is 30.4 Å². The van der Waals surface area contributed by atoms with E-state index in [9.17, 15) is 8.42 Å². The van der Waals surface area contributed by atoms with Crippen LogP contribution in [0.4, 0.5) is 0 Å². The van der Waals surface area contributed by atoms with E-state index in [1.165, 1.54) is 10.5 Å². The molecule has 0 atom stereocenters. The lowest BCUT2D eigenvalue weighted by Gasteiger charge is -2.20. The summed E-state index contributed by atoms with van der Waals surface area (Å²) in [4.78, 5) is 0.194. The first-order chi connectivity index (χ1) is 13.1. The van der Waals surface area contributed by atoms with Gasteiger partial charge in [-0.1, -0.05) is 60.7 Å². The monoisotopic (exact) mass is 420 g/mol. The Morgan fingerprint density at radius 3 is 2.14 bits per heavy atom. The van der Waals surface area contributed by atoms with Gasteiger partial charge in [0.1, 0.15) is 4.90 Å². The van der Waals surface area contributed by atoms with Gasteiger partial charge in [-0.2, -0.15) is 9.40 Å². The molecule has 0 saturated heterocycles. The lowest BCUT2D eigenvalue weighted by atomic mass is 10.1. The van der Waals surface area contributed by atoms with Crippen LogP contribution in [0.25, 0.3) is 0 Å². The number of hydrogen-bond donors (Lipinski definition) is 1. The molecule has 28 heavy (non-hydrogen) atoms. The third-order valence-corrected chi connectivity index (χ3v) is 6.16. The summed E-state index contributed by atoms with van der Waals surface area (Å²) in [6, 6.07) is 19.6. The third-order valence-electron chi connectivity index (χ3n) is 4.31. The maximum absolute atomic E-state index is 13.0. The molecule has 1 aromatic heterocycles.